The van der Waals surface area contributed by atoms with Gasteiger partial charge in [-0.25, -0.2) is 4.39 Å². The van der Waals surface area contributed by atoms with Crippen molar-refractivity contribution in [2.45, 2.75) is 25.6 Å². The van der Waals surface area contributed by atoms with Crippen molar-refractivity contribution in [3.8, 4) is 17.2 Å². The van der Waals surface area contributed by atoms with Gasteiger partial charge >= 0.3 is 0 Å². The number of aromatic hydroxyl groups is 1. The lowest BCUT2D eigenvalue weighted by Gasteiger charge is -2.31. The summed E-state index contributed by atoms with van der Waals surface area (Å²) in [6.45, 7) is 2.33. The number of rotatable bonds is 6. The van der Waals surface area contributed by atoms with Crippen LogP contribution in [0.4, 0.5) is 4.39 Å². The van der Waals surface area contributed by atoms with E-state index in [-0.39, 0.29) is 17.6 Å². The summed E-state index contributed by atoms with van der Waals surface area (Å²) in [5.74, 6) is 0.996. The standard InChI is InChI=1S/C25H25FN2O3/c1-3-31-23-9-5-8-20(24(23)29)22-15-21(16-10-12-19(30-2)13-11-16)27-25(28-22)17-6-4-7-18(26)14-17/h4-14,22,25,28-29H,3,15H2,1-2H3/t22-,25+/m1/s1. The molecule has 0 saturated heterocycles. The second-order valence-corrected chi connectivity index (χ2v) is 7.31. The summed E-state index contributed by atoms with van der Waals surface area (Å²) in [7, 11) is 1.63. The lowest BCUT2D eigenvalue weighted by molar-refractivity contribution is 0.313. The molecule has 2 atom stereocenters. The SMILES string of the molecule is CCOc1cccc([C@H]2CC(c3ccc(OC)cc3)=N[C@H](c3cccc(F)c3)N2)c1O. The zero-order valence-corrected chi connectivity index (χ0v) is 17.5. The Balaban J connectivity index is 1.74. The lowest BCUT2D eigenvalue weighted by Crippen LogP contribution is -2.33. The van der Waals surface area contributed by atoms with E-state index in [9.17, 15) is 9.50 Å². The van der Waals surface area contributed by atoms with Crippen molar-refractivity contribution in [2.75, 3.05) is 13.7 Å². The van der Waals surface area contributed by atoms with Crippen LogP contribution in [0.3, 0.4) is 0 Å². The monoisotopic (exact) mass is 420 g/mol. The molecule has 0 aliphatic carbocycles. The second-order valence-electron chi connectivity index (χ2n) is 7.31. The summed E-state index contributed by atoms with van der Waals surface area (Å²) in [4.78, 5) is 4.87. The quantitative estimate of drug-likeness (QED) is 0.578. The molecule has 0 fully saturated rings. The Morgan fingerprint density at radius 2 is 1.87 bits per heavy atom. The maximum Gasteiger partial charge on any atom is 0.162 e. The van der Waals surface area contributed by atoms with Crippen LogP contribution in [-0.4, -0.2) is 24.5 Å². The molecule has 0 spiro atoms. The van der Waals surface area contributed by atoms with Crippen molar-refractivity contribution in [1.29, 1.82) is 0 Å². The Labute approximate surface area is 181 Å². The fraction of sp³-hybridized carbons (Fsp3) is 0.240. The molecule has 160 valence electrons. The lowest BCUT2D eigenvalue weighted by atomic mass is 9.93. The van der Waals surface area contributed by atoms with E-state index in [2.05, 4.69) is 5.32 Å². The third kappa shape index (κ3) is 4.54. The molecule has 6 heteroatoms. The smallest absolute Gasteiger partial charge is 0.162 e. The molecular formula is C25H25FN2O3. The topological polar surface area (TPSA) is 63.1 Å². The van der Waals surface area contributed by atoms with Gasteiger partial charge in [-0.15, -0.1) is 0 Å². The third-order valence-electron chi connectivity index (χ3n) is 5.33. The summed E-state index contributed by atoms with van der Waals surface area (Å²) >= 11 is 0. The normalized spacial score (nSPS) is 18.4. The molecule has 2 N–H and O–H groups in total. The van der Waals surface area contributed by atoms with Gasteiger partial charge in [0.1, 0.15) is 17.7 Å². The molecule has 4 rings (SSSR count). The summed E-state index contributed by atoms with van der Waals surface area (Å²) in [6, 6.07) is 19.3. The Morgan fingerprint density at radius 3 is 2.58 bits per heavy atom. The fourth-order valence-electron chi connectivity index (χ4n) is 3.80. The molecule has 0 saturated carbocycles. The Bertz CT molecular complexity index is 1080. The van der Waals surface area contributed by atoms with E-state index in [1.165, 1.54) is 12.1 Å². The van der Waals surface area contributed by atoms with Gasteiger partial charge in [0.15, 0.2) is 11.5 Å². The van der Waals surface area contributed by atoms with Crippen molar-refractivity contribution in [3.63, 3.8) is 0 Å². The predicted molar refractivity (Wildman–Crippen MR) is 118 cm³/mol. The first-order valence-corrected chi connectivity index (χ1v) is 10.3. The minimum absolute atomic E-state index is 0.107. The number of hydrogen-bond acceptors (Lipinski definition) is 5. The van der Waals surface area contributed by atoms with E-state index in [0.717, 1.165) is 22.6 Å². The maximum absolute atomic E-state index is 13.9. The summed E-state index contributed by atoms with van der Waals surface area (Å²) in [5, 5.41) is 14.3. The number of ether oxygens (including phenoxy) is 2. The molecule has 0 bridgehead atoms. The highest BCUT2D eigenvalue weighted by atomic mass is 19.1. The van der Waals surface area contributed by atoms with Crippen molar-refractivity contribution in [2.24, 2.45) is 4.99 Å². The highest BCUT2D eigenvalue weighted by Crippen LogP contribution is 2.39. The number of halogens is 1. The summed E-state index contributed by atoms with van der Waals surface area (Å²) < 4.78 is 24.7. The van der Waals surface area contributed by atoms with Crippen LogP contribution in [0.5, 0.6) is 17.2 Å². The van der Waals surface area contributed by atoms with Gasteiger partial charge in [-0.2, -0.15) is 0 Å². The number of aliphatic imine (C=N–C) groups is 1. The number of phenolic OH excluding ortho intramolecular Hbond substituents is 1. The summed E-state index contributed by atoms with van der Waals surface area (Å²) in [5.41, 5.74) is 3.25. The van der Waals surface area contributed by atoms with Crippen molar-refractivity contribution in [1.82, 2.24) is 5.32 Å². The number of benzene rings is 3. The zero-order chi connectivity index (χ0) is 21.8. The highest BCUT2D eigenvalue weighted by molar-refractivity contribution is 6.01. The van der Waals surface area contributed by atoms with Gasteiger partial charge in [0, 0.05) is 23.7 Å². The number of nitrogens with zero attached hydrogens (tertiary/aromatic N) is 1. The average Bonchev–Trinajstić information content (AvgIpc) is 2.80. The molecule has 3 aromatic rings. The molecule has 5 nitrogen and oxygen atoms in total. The number of methoxy groups -OCH3 is 1. The molecule has 0 amide bonds. The van der Waals surface area contributed by atoms with E-state index in [0.29, 0.717) is 24.3 Å². The van der Waals surface area contributed by atoms with Crippen molar-refractivity contribution in [3.05, 3.63) is 89.2 Å². The molecule has 1 aliphatic rings. The maximum atomic E-state index is 13.9. The number of para-hydroxylation sites is 1. The van der Waals surface area contributed by atoms with Gasteiger partial charge in [-0.3, -0.25) is 10.3 Å². The number of phenols is 1. The zero-order valence-electron chi connectivity index (χ0n) is 17.5. The van der Waals surface area contributed by atoms with Crippen LogP contribution in [0.1, 0.15) is 42.2 Å². The number of hydrogen-bond donors (Lipinski definition) is 2. The largest absolute Gasteiger partial charge is 0.504 e. The minimum atomic E-state index is -0.457. The fourth-order valence-corrected chi connectivity index (χ4v) is 3.80. The molecule has 3 aromatic carbocycles. The number of nitrogens with one attached hydrogen (secondary N) is 1. The van der Waals surface area contributed by atoms with Crippen LogP contribution in [0.15, 0.2) is 71.7 Å². The van der Waals surface area contributed by atoms with Crippen molar-refractivity contribution >= 4 is 5.71 Å². The average molecular weight is 420 g/mol. The molecule has 1 aliphatic heterocycles. The van der Waals surface area contributed by atoms with E-state index >= 15 is 0 Å². The highest BCUT2D eigenvalue weighted by Gasteiger charge is 2.28. The van der Waals surface area contributed by atoms with Crippen LogP contribution in [0.25, 0.3) is 0 Å². The van der Waals surface area contributed by atoms with Crippen LogP contribution in [-0.2, 0) is 0 Å². The second kappa shape index (κ2) is 9.18. The van der Waals surface area contributed by atoms with E-state index < -0.39 is 6.17 Å². The Kier molecular flexibility index (Phi) is 6.18. The van der Waals surface area contributed by atoms with Gasteiger partial charge < -0.3 is 14.6 Å². The van der Waals surface area contributed by atoms with Crippen LogP contribution < -0.4 is 14.8 Å². The molecule has 0 unspecified atom stereocenters. The minimum Gasteiger partial charge on any atom is -0.504 e. The van der Waals surface area contributed by atoms with Crippen LogP contribution in [0, 0.1) is 5.82 Å². The molecular weight excluding hydrogens is 395 g/mol. The van der Waals surface area contributed by atoms with E-state index in [1.54, 1.807) is 19.2 Å². The van der Waals surface area contributed by atoms with Gasteiger partial charge in [-0.05, 0) is 60.5 Å². The van der Waals surface area contributed by atoms with Gasteiger partial charge in [-0.1, -0.05) is 24.3 Å². The Morgan fingerprint density at radius 1 is 1.10 bits per heavy atom. The first kappa shape index (κ1) is 20.9. The third-order valence-corrected chi connectivity index (χ3v) is 5.33. The molecule has 0 aromatic heterocycles. The predicted octanol–water partition coefficient (Wildman–Crippen LogP) is 5.16. The van der Waals surface area contributed by atoms with Crippen LogP contribution >= 0.6 is 0 Å². The first-order chi connectivity index (χ1) is 15.1. The van der Waals surface area contributed by atoms with Crippen molar-refractivity contribution < 1.29 is 19.0 Å². The van der Waals surface area contributed by atoms with E-state index in [4.69, 9.17) is 14.5 Å². The molecule has 31 heavy (non-hydrogen) atoms. The van der Waals surface area contributed by atoms with Gasteiger partial charge in [0.05, 0.1) is 13.7 Å². The molecule has 1 heterocycles. The van der Waals surface area contributed by atoms with Crippen LogP contribution in [0.2, 0.25) is 0 Å². The molecule has 0 radical (unpaired) electrons. The summed E-state index contributed by atoms with van der Waals surface area (Å²) in [6.07, 6.45) is 0.100. The first-order valence-electron chi connectivity index (χ1n) is 10.3. The van der Waals surface area contributed by atoms with Gasteiger partial charge in [0.25, 0.3) is 0 Å². The van der Waals surface area contributed by atoms with Gasteiger partial charge in [0.2, 0.25) is 0 Å². The Hall–Kier alpha value is -3.38. The van der Waals surface area contributed by atoms with E-state index in [1.807, 2.05) is 49.4 Å².